The van der Waals surface area contributed by atoms with Gasteiger partial charge in [0, 0.05) is 36.4 Å². The van der Waals surface area contributed by atoms with Gasteiger partial charge < -0.3 is 14.2 Å². The molecular formula is C20H23N3O2S. The summed E-state index contributed by atoms with van der Waals surface area (Å²) in [4.78, 5) is 23.3. The zero-order chi connectivity index (χ0) is 18.3. The molecule has 0 N–H and O–H groups in total. The maximum absolute atomic E-state index is 13.1. The first kappa shape index (κ1) is 17.1. The molecule has 1 amide bonds. The molecule has 0 bridgehead atoms. The largest absolute Gasteiger partial charge is 0.461 e. The molecule has 0 aliphatic carbocycles. The highest BCUT2D eigenvalue weighted by Crippen LogP contribution is 2.27. The molecular weight excluding hydrogens is 346 g/mol. The van der Waals surface area contributed by atoms with Crippen LogP contribution in [0.5, 0.6) is 0 Å². The molecule has 1 aromatic carbocycles. The van der Waals surface area contributed by atoms with Crippen molar-refractivity contribution in [3.63, 3.8) is 0 Å². The lowest BCUT2D eigenvalue weighted by molar-refractivity contribution is 0.0768. The maximum Gasteiger partial charge on any atom is 0.257 e. The van der Waals surface area contributed by atoms with E-state index < -0.39 is 0 Å². The first-order valence-electron chi connectivity index (χ1n) is 9.00. The Morgan fingerprint density at radius 3 is 2.77 bits per heavy atom. The Labute approximate surface area is 157 Å². The first-order chi connectivity index (χ1) is 12.5. The first-order valence-corrected chi connectivity index (χ1v) is 9.82. The molecule has 136 valence electrons. The van der Waals surface area contributed by atoms with Gasteiger partial charge >= 0.3 is 0 Å². The van der Waals surface area contributed by atoms with Crippen LogP contribution < -0.4 is 4.90 Å². The molecule has 0 radical (unpaired) electrons. The lowest BCUT2D eigenvalue weighted by Crippen LogP contribution is -2.35. The number of amides is 1. The number of aromatic nitrogens is 1. The molecule has 0 spiro atoms. The summed E-state index contributed by atoms with van der Waals surface area (Å²) in [6, 6.07) is 7.75. The van der Waals surface area contributed by atoms with Gasteiger partial charge in [-0.25, -0.2) is 4.98 Å². The van der Waals surface area contributed by atoms with E-state index in [0.29, 0.717) is 17.7 Å². The Balaban J connectivity index is 1.54. The van der Waals surface area contributed by atoms with E-state index in [9.17, 15) is 4.79 Å². The fourth-order valence-electron chi connectivity index (χ4n) is 3.43. The van der Waals surface area contributed by atoms with Crippen LogP contribution in [0.25, 0.3) is 11.0 Å². The molecule has 6 heteroatoms. The molecule has 1 aliphatic heterocycles. The molecule has 0 unspecified atom stereocenters. The van der Waals surface area contributed by atoms with Crippen molar-refractivity contribution >= 4 is 33.3 Å². The van der Waals surface area contributed by atoms with Gasteiger partial charge in [-0.05, 0) is 39.3 Å². The molecule has 1 fully saturated rings. The number of benzene rings is 1. The lowest BCUT2D eigenvalue weighted by atomic mass is 10.1. The van der Waals surface area contributed by atoms with Crippen molar-refractivity contribution in [1.29, 1.82) is 0 Å². The third-order valence-electron chi connectivity index (χ3n) is 4.97. The summed E-state index contributed by atoms with van der Waals surface area (Å²) in [5.74, 6) is 0.884. The number of fused-ring (bicyclic) bond motifs is 1. The number of carbonyl (C=O) groups excluding carboxylic acids is 1. The zero-order valence-electron chi connectivity index (χ0n) is 15.4. The number of nitrogens with zero attached hydrogens (tertiary/aromatic N) is 3. The van der Waals surface area contributed by atoms with Crippen LogP contribution in [-0.4, -0.2) is 42.0 Å². The van der Waals surface area contributed by atoms with Crippen LogP contribution in [0.4, 0.5) is 5.13 Å². The molecule has 3 aromatic rings. The van der Waals surface area contributed by atoms with Crippen LogP contribution in [0.3, 0.4) is 0 Å². The Morgan fingerprint density at radius 2 is 2.00 bits per heavy atom. The molecule has 2 aromatic heterocycles. The van der Waals surface area contributed by atoms with E-state index >= 15 is 0 Å². The lowest BCUT2D eigenvalue weighted by Gasteiger charge is -2.21. The van der Waals surface area contributed by atoms with Gasteiger partial charge in [0.15, 0.2) is 5.13 Å². The third kappa shape index (κ3) is 3.09. The van der Waals surface area contributed by atoms with Gasteiger partial charge in [0.1, 0.15) is 11.3 Å². The normalized spacial score (nSPS) is 15.5. The SMILES string of the molecule is Cc1cc2cccc(C(=O)N3CCCN(c4nc(C)c(C)s4)CC3)c2o1. The minimum Gasteiger partial charge on any atom is -0.461 e. The van der Waals surface area contributed by atoms with Crippen molar-refractivity contribution < 1.29 is 9.21 Å². The van der Waals surface area contributed by atoms with Crippen LogP contribution in [-0.2, 0) is 0 Å². The van der Waals surface area contributed by atoms with Gasteiger partial charge in [0.05, 0.1) is 11.3 Å². The van der Waals surface area contributed by atoms with E-state index in [1.54, 1.807) is 11.3 Å². The number of furan rings is 1. The number of hydrogen-bond acceptors (Lipinski definition) is 5. The second-order valence-corrected chi connectivity index (χ2v) is 8.03. The summed E-state index contributed by atoms with van der Waals surface area (Å²) in [7, 11) is 0. The fraction of sp³-hybridized carbons (Fsp3) is 0.400. The number of carbonyl (C=O) groups is 1. The Morgan fingerprint density at radius 1 is 1.15 bits per heavy atom. The smallest absolute Gasteiger partial charge is 0.257 e. The van der Waals surface area contributed by atoms with Crippen molar-refractivity contribution in [1.82, 2.24) is 9.88 Å². The van der Waals surface area contributed by atoms with Crippen molar-refractivity contribution in [3.05, 3.63) is 46.2 Å². The standard InChI is InChI=1S/C20H23N3O2S/c1-13-12-16-6-4-7-17(18(16)25-13)19(24)22-8-5-9-23(11-10-22)20-21-14(2)15(3)26-20/h4,6-7,12H,5,8-11H2,1-3H3. The number of hydrogen-bond donors (Lipinski definition) is 0. The highest BCUT2D eigenvalue weighted by atomic mass is 32.1. The number of anilines is 1. The number of thiazole rings is 1. The summed E-state index contributed by atoms with van der Waals surface area (Å²) >= 11 is 1.74. The number of para-hydroxylation sites is 1. The predicted molar refractivity (Wildman–Crippen MR) is 105 cm³/mol. The quantitative estimate of drug-likeness (QED) is 0.680. The molecule has 1 aliphatic rings. The van der Waals surface area contributed by atoms with Crippen LogP contribution >= 0.6 is 11.3 Å². The van der Waals surface area contributed by atoms with E-state index in [0.717, 1.165) is 48.0 Å². The van der Waals surface area contributed by atoms with Crippen molar-refractivity contribution in [3.8, 4) is 0 Å². The van der Waals surface area contributed by atoms with Crippen LogP contribution in [0, 0.1) is 20.8 Å². The summed E-state index contributed by atoms with van der Waals surface area (Å²) < 4.78 is 5.78. The average Bonchev–Trinajstić information content (AvgIpc) is 3.05. The molecule has 5 nitrogen and oxygen atoms in total. The average molecular weight is 369 g/mol. The van der Waals surface area contributed by atoms with Gasteiger partial charge in [-0.3, -0.25) is 4.79 Å². The van der Waals surface area contributed by atoms with Crippen LogP contribution in [0.2, 0.25) is 0 Å². The summed E-state index contributed by atoms with van der Waals surface area (Å²) in [5.41, 5.74) is 2.45. The van der Waals surface area contributed by atoms with Crippen LogP contribution in [0.15, 0.2) is 28.7 Å². The molecule has 0 saturated carbocycles. The Hall–Kier alpha value is -2.34. The third-order valence-corrected chi connectivity index (χ3v) is 6.10. The molecule has 26 heavy (non-hydrogen) atoms. The summed E-state index contributed by atoms with van der Waals surface area (Å²) in [6.45, 7) is 9.27. The van der Waals surface area contributed by atoms with Gasteiger partial charge in [-0.2, -0.15) is 0 Å². The van der Waals surface area contributed by atoms with E-state index in [4.69, 9.17) is 4.42 Å². The molecule has 0 atom stereocenters. The molecule has 3 heterocycles. The van der Waals surface area contributed by atoms with E-state index in [1.165, 1.54) is 4.88 Å². The molecule has 1 saturated heterocycles. The fourth-order valence-corrected chi connectivity index (χ4v) is 4.39. The molecule has 4 rings (SSSR count). The zero-order valence-corrected chi connectivity index (χ0v) is 16.2. The Bertz CT molecular complexity index is 940. The van der Waals surface area contributed by atoms with Crippen LogP contribution in [0.1, 0.15) is 33.1 Å². The van der Waals surface area contributed by atoms with E-state index in [2.05, 4.69) is 23.7 Å². The van der Waals surface area contributed by atoms with Gasteiger partial charge in [-0.15, -0.1) is 11.3 Å². The topological polar surface area (TPSA) is 49.6 Å². The highest BCUT2D eigenvalue weighted by Gasteiger charge is 2.24. The summed E-state index contributed by atoms with van der Waals surface area (Å²) in [6.07, 6.45) is 0.941. The van der Waals surface area contributed by atoms with Crippen molar-refractivity contribution in [2.75, 3.05) is 31.1 Å². The Kier molecular flexibility index (Phi) is 4.44. The summed E-state index contributed by atoms with van der Waals surface area (Å²) in [5, 5.41) is 2.05. The monoisotopic (exact) mass is 369 g/mol. The number of rotatable bonds is 2. The van der Waals surface area contributed by atoms with Crippen molar-refractivity contribution in [2.45, 2.75) is 27.2 Å². The van der Waals surface area contributed by atoms with Gasteiger partial charge in [-0.1, -0.05) is 12.1 Å². The maximum atomic E-state index is 13.1. The van der Waals surface area contributed by atoms with Gasteiger partial charge in [0.2, 0.25) is 0 Å². The predicted octanol–water partition coefficient (Wildman–Crippen LogP) is 4.17. The minimum atomic E-state index is 0.0540. The van der Waals surface area contributed by atoms with Crippen molar-refractivity contribution in [2.24, 2.45) is 0 Å². The number of aryl methyl sites for hydroxylation is 3. The van der Waals surface area contributed by atoms with Gasteiger partial charge in [0.25, 0.3) is 5.91 Å². The second kappa shape index (κ2) is 6.76. The van der Waals surface area contributed by atoms with E-state index in [-0.39, 0.29) is 5.91 Å². The minimum absolute atomic E-state index is 0.0540. The van der Waals surface area contributed by atoms with E-state index in [1.807, 2.05) is 36.1 Å². The highest BCUT2D eigenvalue weighted by molar-refractivity contribution is 7.15. The second-order valence-electron chi connectivity index (χ2n) is 6.85.